The highest BCUT2D eigenvalue weighted by Gasteiger charge is 2.31. The molecule has 0 atom stereocenters. The molecule has 0 saturated heterocycles. The zero-order chi connectivity index (χ0) is 15.6. The first-order valence-electron chi connectivity index (χ1n) is 6.46. The molecule has 0 unspecified atom stereocenters. The molecule has 0 aliphatic carbocycles. The monoisotopic (exact) mass is 336 g/mol. The van der Waals surface area contributed by atoms with Gasteiger partial charge in [-0.1, -0.05) is 0 Å². The molecule has 0 bridgehead atoms. The van der Waals surface area contributed by atoms with Gasteiger partial charge in [0.2, 0.25) is 0 Å². The van der Waals surface area contributed by atoms with Gasteiger partial charge in [0.05, 0.1) is 12.2 Å². The van der Waals surface area contributed by atoms with Gasteiger partial charge in [-0.05, 0) is 31.2 Å². The molecule has 0 aliphatic heterocycles. The minimum Gasteiger partial charge on any atom is -0.461 e. The predicted molar refractivity (Wildman–Crippen MR) is 79.2 cm³/mol. The van der Waals surface area contributed by atoms with Crippen LogP contribution in [0, 0.1) is 0 Å². The minimum absolute atomic E-state index is 0. The molecule has 122 valence electrons. The molecule has 0 saturated carbocycles. The van der Waals surface area contributed by atoms with E-state index in [1.165, 1.54) is 12.1 Å². The van der Waals surface area contributed by atoms with Crippen LogP contribution in [0.3, 0.4) is 0 Å². The molecule has 1 heterocycles. The molecule has 0 aliphatic rings. The van der Waals surface area contributed by atoms with E-state index in [0.29, 0.717) is 17.4 Å². The molecule has 2 rings (SSSR count). The molecule has 0 fully saturated rings. The number of carbonyl (C=O) groups is 1. The Balaban J connectivity index is 0.00000242. The highest BCUT2D eigenvalue weighted by Crippen LogP contribution is 2.32. The number of carbonyl (C=O) groups excluding carboxylic acids is 1. The van der Waals surface area contributed by atoms with Crippen molar-refractivity contribution in [1.82, 2.24) is 4.57 Å². The Morgan fingerprint density at radius 2 is 2.00 bits per heavy atom. The van der Waals surface area contributed by atoms with E-state index in [-0.39, 0.29) is 31.3 Å². The Hall–Kier alpha value is -1.73. The lowest BCUT2D eigenvalue weighted by molar-refractivity contribution is -0.137. The number of aromatic nitrogens is 1. The van der Waals surface area contributed by atoms with E-state index in [1.807, 2.05) is 0 Å². The Morgan fingerprint density at radius 3 is 2.55 bits per heavy atom. The van der Waals surface area contributed by atoms with Gasteiger partial charge in [-0.15, -0.1) is 12.4 Å². The summed E-state index contributed by atoms with van der Waals surface area (Å²) in [6.45, 7) is 2.44. The Morgan fingerprint density at radius 1 is 1.32 bits per heavy atom. The SMILES string of the molecule is CCOC(=O)c1cc2cc(C(F)(F)F)ccc2n1CCN.Cl. The zero-order valence-electron chi connectivity index (χ0n) is 11.8. The van der Waals surface area contributed by atoms with Crippen LogP contribution in [0.15, 0.2) is 24.3 Å². The number of rotatable bonds is 4. The van der Waals surface area contributed by atoms with Crippen molar-refractivity contribution in [3.05, 3.63) is 35.5 Å². The second-order valence-corrected chi connectivity index (χ2v) is 4.46. The number of fused-ring (bicyclic) bond motifs is 1. The first-order valence-corrected chi connectivity index (χ1v) is 6.46. The first-order chi connectivity index (χ1) is 9.88. The fourth-order valence-corrected chi connectivity index (χ4v) is 2.19. The normalized spacial score (nSPS) is 11.3. The summed E-state index contributed by atoms with van der Waals surface area (Å²) in [4.78, 5) is 11.9. The molecule has 4 nitrogen and oxygen atoms in total. The smallest absolute Gasteiger partial charge is 0.416 e. The lowest BCUT2D eigenvalue weighted by atomic mass is 10.1. The number of ether oxygens (including phenoxy) is 1. The van der Waals surface area contributed by atoms with E-state index in [2.05, 4.69) is 0 Å². The summed E-state index contributed by atoms with van der Waals surface area (Å²) in [5.41, 5.74) is 5.48. The first kappa shape index (κ1) is 18.3. The van der Waals surface area contributed by atoms with Crippen molar-refractivity contribution in [2.24, 2.45) is 5.73 Å². The second kappa shape index (κ2) is 7.02. The van der Waals surface area contributed by atoms with Crippen LogP contribution < -0.4 is 5.73 Å². The van der Waals surface area contributed by atoms with E-state index < -0.39 is 17.7 Å². The third-order valence-corrected chi connectivity index (χ3v) is 3.07. The average molecular weight is 337 g/mol. The van der Waals surface area contributed by atoms with E-state index in [9.17, 15) is 18.0 Å². The highest BCUT2D eigenvalue weighted by molar-refractivity contribution is 5.96. The van der Waals surface area contributed by atoms with Crippen LogP contribution in [0.4, 0.5) is 13.2 Å². The van der Waals surface area contributed by atoms with Gasteiger partial charge in [0.15, 0.2) is 0 Å². The summed E-state index contributed by atoms with van der Waals surface area (Å²) in [7, 11) is 0. The molecule has 0 amide bonds. The Labute approximate surface area is 131 Å². The summed E-state index contributed by atoms with van der Waals surface area (Å²) < 4.78 is 44.7. The Kier molecular flexibility index (Phi) is 5.85. The van der Waals surface area contributed by atoms with Crippen molar-refractivity contribution in [2.75, 3.05) is 13.2 Å². The van der Waals surface area contributed by atoms with Crippen LogP contribution >= 0.6 is 12.4 Å². The lowest BCUT2D eigenvalue weighted by Gasteiger charge is -2.09. The third kappa shape index (κ3) is 3.53. The maximum atomic E-state index is 12.7. The van der Waals surface area contributed by atoms with Crippen molar-refractivity contribution in [1.29, 1.82) is 0 Å². The number of hydrogen-bond acceptors (Lipinski definition) is 3. The molecule has 2 aromatic rings. The number of hydrogen-bond donors (Lipinski definition) is 1. The maximum absolute atomic E-state index is 12.7. The van der Waals surface area contributed by atoms with Crippen LogP contribution in [-0.4, -0.2) is 23.7 Å². The summed E-state index contributed by atoms with van der Waals surface area (Å²) in [5.74, 6) is -0.573. The molecule has 22 heavy (non-hydrogen) atoms. The molecular formula is C14H16ClF3N2O2. The van der Waals surface area contributed by atoms with Crippen molar-refractivity contribution in [3.8, 4) is 0 Å². The third-order valence-electron chi connectivity index (χ3n) is 3.07. The van der Waals surface area contributed by atoms with Crippen LogP contribution in [0.2, 0.25) is 0 Å². The highest BCUT2D eigenvalue weighted by atomic mass is 35.5. The van der Waals surface area contributed by atoms with Gasteiger partial charge in [-0.3, -0.25) is 0 Å². The lowest BCUT2D eigenvalue weighted by Crippen LogP contribution is -2.16. The fraction of sp³-hybridized carbons (Fsp3) is 0.357. The van der Waals surface area contributed by atoms with Crippen LogP contribution in [-0.2, 0) is 17.5 Å². The second-order valence-electron chi connectivity index (χ2n) is 4.46. The summed E-state index contributed by atoms with van der Waals surface area (Å²) >= 11 is 0. The summed E-state index contributed by atoms with van der Waals surface area (Å²) in [5, 5.41) is 0.335. The van der Waals surface area contributed by atoms with Gasteiger partial charge >= 0.3 is 12.1 Å². The van der Waals surface area contributed by atoms with Crippen molar-refractivity contribution >= 4 is 29.3 Å². The van der Waals surface area contributed by atoms with Crippen LogP contribution in [0.5, 0.6) is 0 Å². The van der Waals surface area contributed by atoms with Gasteiger partial charge in [0.1, 0.15) is 5.69 Å². The van der Waals surface area contributed by atoms with Gasteiger partial charge < -0.3 is 15.0 Å². The molecule has 1 aromatic carbocycles. The number of halogens is 4. The average Bonchev–Trinajstić information content (AvgIpc) is 2.77. The van der Waals surface area contributed by atoms with Crippen molar-refractivity contribution < 1.29 is 22.7 Å². The number of nitrogens with zero attached hydrogens (tertiary/aromatic N) is 1. The number of alkyl halides is 3. The van der Waals surface area contributed by atoms with Crippen molar-refractivity contribution in [3.63, 3.8) is 0 Å². The number of esters is 1. The van der Waals surface area contributed by atoms with Crippen LogP contribution in [0.1, 0.15) is 23.0 Å². The quantitative estimate of drug-likeness (QED) is 0.872. The van der Waals surface area contributed by atoms with E-state index in [4.69, 9.17) is 10.5 Å². The van der Waals surface area contributed by atoms with Gasteiger partial charge in [0, 0.05) is 24.0 Å². The van der Waals surface area contributed by atoms with E-state index in [0.717, 1.165) is 12.1 Å². The van der Waals surface area contributed by atoms with Crippen LogP contribution in [0.25, 0.3) is 10.9 Å². The fourth-order valence-electron chi connectivity index (χ4n) is 2.19. The largest absolute Gasteiger partial charge is 0.461 e. The standard InChI is InChI=1S/C14H15F3N2O2.ClH/c1-2-21-13(20)12-8-9-7-10(14(15,16)17)3-4-11(9)19(12)6-5-18;/h3-4,7-8H,2,5-6,18H2,1H3;1H. The topological polar surface area (TPSA) is 57.2 Å². The molecule has 0 spiro atoms. The van der Waals surface area contributed by atoms with Gasteiger partial charge in [0.25, 0.3) is 0 Å². The number of benzene rings is 1. The molecule has 2 N–H and O–H groups in total. The van der Waals surface area contributed by atoms with Gasteiger partial charge in [-0.2, -0.15) is 13.2 Å². The zero-order valence-corrected chi connectivity index (χ0v) is 12.6. The van der Waals surface area contributed by atoms with Crippen molar-refractivity contribution in [2.45, 2.75) is 19.6 Å². The predicted octanol–water partition coefficient (Wildman–Crippen LogP) is 3.22. The number of nitrogens with two attached hydrogens (primary N) is 1. The van der Waals surface area contributed by atoms with E-state index >= 15 is 0 Å². The molecular weight excluding hydrogens is 321 g/mol. The molecule has 0 radical (unpaired) electrons. The van der Waals surface area contributed by atoms with Gasteiger partial charge in [-0.25, -0.2) is 4.79 Å². The molecule has 8 heteroatoms. The van der Waals surface area contributed by atoms with E-state index in [1.54, 1.807) is 11.5 Å². The summed E-state index contributed by atoms with van der Waals surface area (Å²) in [6, 6.07) is 4.75. The molecule has 1 aromatic heterocycles. The summed E-state index contributed by atoms with van der Waals surface area (Å²) in [6.07, 6.45) is -4.42. The minimum atomic E-state index is -4.42. The Bertz CT molecular complexity index is 668. The maximum Gasteiger partial charge on any atom is 0.416 e.